The second kappa shape index (κ2) is 8.58. The molecule has 1 nitrogen and oxygen atoms in total. The van der Waals surface area contributed by atoms with Crippen LogP contribution in [0.15, 0.2) is 24.3 Å². The van der Waals surface area contributed by atoms with Gasteiger partial charge in [0.1, 0.15) is 0 Å². The molecule has 0 aromatic heterocycles. The van der Waals surface area contributed by atoms with Gasteiger partial charge in [-0.2, -0.15) is 0 Å². The molecule has 2 rings (SSSR count). The second-order valence-corrected chi connectivity index (χ2v) is 6.86. The van der Waals surface area contributed by atoms with Crippen LogP contribution in [0.3, 0.4) is 0 Å². The van der Waals surface area contributed by atoms with Gasteiger partial charge < -0.3 is 5.32 Å². The molecule has 1 aliphatic carbocycles. The molecule has 0 bridgehead atoms. The Balaban J connectivity index is 2.03. The first-order valence-electron chi connectivity index (χ1n) is 9.07. The average Bonchev–Trinajstić information content (AvgIpc) is 2.55. The Morgan fingerprint density at radius 1 is 1.05 bits per heavy atom. The second-order valence-electron chi connectivity index (χ2n) is 6.86. The Labute approximate surface area is 131 Å². The molecule has 1 saturated carbocycles. The summed E-state index contributed by atoms with van der Waals surface area (Å²) >= 11 is 0. The van der Waals surface area contributed by atoms with Gasteiger partial charge in [0.05, 0.1) is 0 Å². The van der Waals surface area contributed by atoms with E-state index >= 15 is 0 Å². The number of hydrogen-bond acceptors (Lipinski definition) is 1. The summed E-state index contributed by atoms with van der Waals surface area (Å²) in [6.07, 6.45) is 9.56. The fraction of sp³-hybridized carbons (Fsp3) is 0.700. The van der Waals surface area contributed by atoms with Crippen LogP contribution in [0.1, 0.15) is 88.8 Å². The van der Waals surface area contributed by atoms with E-state index in [2.05, 4.69) is 50.4 Å². The lowest BCUT2D eigenvalue weighted by atomic mass is 9.83. The number of benzene rings is 1. The van der Waals surface area contributed by atoms with Gasteiger partial charge >= 0.3 is 0 Å². The molecule has 0 spiro atoms. The molecule has 0 heterocycles. The van der Waals surface area contributed by atoms with Crippen molar-refractivity contribution in [2.75, 3.05) is 6.54 Å². The molecule has 0 saturated heterocycles. The third-order valence-electron chi connectivity index (χ3n) is 5.20. The lowest BCUT2D eigenvalue weighted by Gasteiger charge is -2.24. The van der Waals surface area contributed by atoms with Gasteiger partial charge in [0.15, 0.2) is 0 Å². The molecule has 1 heteroatoms. The largest absolute Gasteiger partial charge is 0.310 e. The highest BCUT2D eigenvalue weighted by Crippen LogP contribution is 2.33. The van der Waals surface area contributed by atoms with Crippen LogP contribution in [-0.4, -0.2) is 6.54 Å². The molecule has 2 atom stereocenters. The average molecular weight is 287 g/mol. The van der Waals surface area contributed by atoms with Crippen molar-refractivity contribution in [2.45, 2.75) is 77.7 Å². The summed E-state index contributed by atoms with van der Waals surface area (Å²) in [6.45, 7) is 7.91. The van der Waals surface area contributed by atoms with E-state index in [1.54, 1.807) is 5.56 Å². The van der Waals surface area contributed by atoms with Crippen molar-refractivity contribution in [2.24, 2.45) is 5.92 Å². The zero-order valence-electron chi connectivity index (χ0n) is 14.2. The summed E-state index contributed by atoms with van der Waals surface area (Å²) in [7, 11) is 0. The zero-order chi connectivity index (χ0) is 15.1. The monoisotopic (exact) mass is 287 g/mol. The van der Waals surface area contributed by atoms with Crippen LogP contribution in [0.2, 0.25) is 0 Å². The van der Waals surface area contributed by atoms with Crippen LogP contribution in [0.5, 0.6) is 0 Å². The first kappa shape index (κ1) is 16.5. The minimum absolute atomic E-state index is 0.519. The van der Waals surface area contributed by atoms with E-state index < -0.39 is 0 Å². The van der Waals surface area contributed by atoms with Crippen LogP contribution in [-0.2, 0) is 0 Å². The SMILES string of the molecule is CCNC(CC(C)CC)c1ccc(C2CCCCC2)cc1. The molecule has 2 unspecified atom stereocenters. The van der Waals surface area contributed by atoms with Crippen molar-refractivity contribution in [3.05, 3.63) is 35.4 Å². The van der Waals surface area contributed by atoms with Gasteiger partial charge in [-0.15, -0.1) is 0 Å². The highest BCUT2D eigenvalue weighted by molar-refractivity contribution is 5.27. The third-order valence-corrected chi connectivity index (χ3v) is 5.20. The smallest absolute Gasteiger partial charge is 0.0322 e. The fourth-order valence-electron chi connectivity index (χ4n) is 3.59. The maximum atomic E-state index is 3.66. The highest BCUT2D eigenvalue weighted by atomic mass is 14.9. The first-order chi connectivity index (χ1) is 10.2. The predicted molar refractivity (Wildman–Crippen MR) is 92.8 cm³/mol. The summed E-state index contributed by atoms with van der Waals surface area (Å²) in [5, 5.41) is 3.66. The van der Waals surface area contributed by atoms with Gasteiger partial charge in [-0.1, -0.05) is 70.7 Å². The topological polar surface area (TPSA) is 12.0 Å². The highest BCUT2D eigenvalue weighted by Gasteiger charge is 2.17. The summed E-state index contributed by atoms with van der Waals surface area (Å²) in [4.78, 5) is 0. The number of rotatable bonds is 7. The molecule has 1 fully saturated rings. The molecular weight excluding hydrogens is 254 g/mol. The van der Waals surface area contributed by atoms with E-state index in [0.29, 0.717) is 6.04 Å². The van der Waals surface area contributed by atoms with E-state index in [4.69, 9.17) is 0 Å². The van der Waals surface area contributed by atoms with Crippen molar-refractivity contribution >= 4 is 0 Å². The van der Waals surface area contributed by atoms with E-state index in [1.807, 2.05) is 0 Å². The quantitative estimate of drug-likeness (QED) is 0.666. The maximum absolute atomic E-state index is 3.66. The molecule has 1 N–H and O–H groups in total. The molecule has 0 radical (unpaired) electrons. The van der Waals surface area contributed by atoms with Gasteiger partial charge in [-0.05, 0) is 48.8 Å². The van der Waals surface area contributed by atoms with E-state index in [9.17, 15) is 0 Å². The Bertz CT molecular complexity index is 389. The minimum Gasteiger partial charge on any atom is -0.310 e. The first-order valence-corrected chi connectivity index (χ1v) is 9.07. The molecule has 1 aromatic carbocycles. The Morgan fingerprint density at radius 3 is 2.29 bits per heavy atom. The molecule has 0 amide bonds. The van der Waals surface area contributed by atoms with Gasteiger partial charge in [-0.25, -0.2) is 0 Å². The molecular formula is C20H33N. The Kier molecular flexibility index (Phi) is 6.76. The summed E-state index contributed by atoms with van der Waals surface area (Å²) in [5.41, 5.74) is 3.04. The fourth-order valence-corrected chi connectivity index (χ4v) is 3.59. The Hall–Kier alpha value is -0.820. The maximum Gasteiger partial charge on any atom is 0.0322 e. The van der Waals surface area contributed by atoms with Gasteiger partial charge in [0, 0.05) is 6.04 Å². The predicted octanol–water partition coefficient (Wildman–Crippen LogP) is 5.82. The molecule has 118 valence electrons. The van der Waals surface area contributed by atoms with Gasteiger partial charge in [-0.3, -0.25) is 0 Å². The third kappa shape index (κ3) is 4.85. The number of hydrogen-bond donors (Lipinski definition) is 1. The van der Waals surface area contributed by atoms with Gasteiger partial charge in [0.25, 0.3) is 0 Å². The van der Waals surface area contributed by atoms with E-state index in [1.165, 1.54) is 50.5 Å². The van der Waals surface area contributed by atoms with E-state index in [-0.39, 0.29) is 0 Å². The lowest BCUT2D eigenvalue weighted by Crippen LogP contribution is -2.22. The van der Waals surface area contributed by atoms with Crippen LogP contribution < -0.4 is 5.32 Å². The summed E-state index contributed by atoms with van der Waals surface area (Å²) < 4.78 is 0. The van der Waals surface area contributed by atoms with Crippen molar-refractivity contribution in [3.63, 3.8) is 0 Å². The number of nitrogens with one attached hydrogen (secondary N) is 1. The van der Waals surface area contributed by atoms with Crippen molar-refractivity contribution in [3.8, 4) is 0 Å². The zero-order valence-corrected chi connectivity index (χ0v) is 14.2. The van der Waals surface area contributed by atoms with Crippen LogP contribution in [0.4, 0.5) is 0 Å². The molecule has 0 aliphatic heterocycles. The van der Waals surface area contributed by atoms with Crippen molar-refractivity contribution in [1.82, 2.24) is 5.32 Å². The van der Waals surface area contributed by atoms with Crippen molar-refractivity contribution < 1.29 is 0 Å². The van der Waals surface area contributed by atoms with Crippen LogP contribution in [0, 0.1) is 5.92 Å². The molecule has 21 heavy (non-hydrogen) atoms. The summed E-state index contributed by atoms with van der Waals surface area (Å²) in [5.74, 6) is 1.60. The minimum atomic E-state index is 0.519. The van der Waals surface area contributed by atoms with Gasteiger partial charge in [0.2, 0.25) is 0 Å². The molecule has 1 aromatic rings. The normalized spacial score (nSPS) is 19.4. The molecule has 1 aliphatic rings. The van der Waals surface area contributed by atoms with Crippen molar-refractivity contribution in [1.29, 1.82) is 0 Å². The van der Waals surface area contributed by atoms with Crippen LogP contribution >= 0.6 is 0 Å². The Morgan fingerprint density at radius 2 is 1.71 bits per heavy atom. The van der Waals surface area contributed by atoms with E-state index in [0.717, 1.165) is 18.4 Å². The summed E-state index contributed by atoms with van der Waals surface area (Å²) in [6, 6.07) is 10.1. The van der Waals surface area contributed by atoms with Crippen LogP contribution in [0.25, 0.3) is 0 Å². The lowest BCUT2D eigenvalue weighted by molar-refractivity contribution is 0.408. The standard InChI is InChI=1S/C20H33N/c1-4-16(3)15-20(21-5-2)19-13-11-18(12-14-19)17-9-7-6-8-10-17/h11-14,16-17,20-21H,4-10,15H2,1-3H3.